The van der Waals surface area contributed by atoms with Crippen molar-refractivity contribution in [1.29, 1.82) is 5.26 Å². The van der Waals surface area contributed by atoms with Crippen LogP contribution in [-0.4, -0.2) is 15.0 Å². The van der Waals surface area contributed by atoms with Crippen LogP contribution in [-0.2, 0) is 13.5 Å². The van der Waals surface area contributed by atoms with Gasteiger partial charge in [-0.3, -0.25) is 4.68 Å². The van der Waals surface area contributed by atoms with Crippen LogP contribution in [0.25, 0.3) is 0 Å². The third kappa shape index (κ3) is 2.06. The average molecular weight is 164 g/mol. The van der Waals surface area contributed by atoms with Gasteiger partial charge in [0, 0.05) is 19.7 Å². The molecule has 4 heteroatoms. The summed E-state index contributed by atoms with van der Waals surface area (Å²) >= 11 is 0. The summed E-state index contributed by atoms with van der Waals surface area (Å²) in [7, 11) is 1.82. The Morgan fingerprint density at radius 1 is 1.67 bits per heavy atom. The van der Waals surface area contributed by atoms with Gasteiger partial charge in [0.05, 0.1) is 17.2 Å². The molecule has 1 rings (SSSR count). The zero-order valence-electron chi connectivity index (χ0n) is 7.57. The minimum Gasteiger partial charge on any atom is -0.255 e. The number of aryl methyl sites for hydroxylation is 1. The van der Waals surface area contributed by atoms with Crippen molar-refractivity contribution >= 4 is 0 Å². The molecular weight excluding hydrogens is 152 g/mol. The highest BCUT2D eigenvalue weighted by molar-refractivity contribution is 5.03. The summed E-state index contributed by atoms with van der Waals surface area (Å²) in [6.45, 7) is 3.78. The third-order valence-electron chi connectivity index (χ3n) is 1.58. The molecule has 0 unspecified atom stereocenters. The number of nitrogens with zero attached hydrogens (tertiary/aromatic N) is 4. The van der Waals surface area contributed by atoms with Gasteiger partial charge in [0.25, 0.3) is 0 Å². The molecule has 1 aromatic rings. The predicted octanol–water partition coefficient (Wildman–Crippen LogP) is 0.907. The molecule has 0 aromatic carbocycles. The molecule has 0 amide bonds. The van der Waals surface area contributed by atoms with E-state index in [0.717, 1.165) is 5.69 Å². The van der Waals surface area contributed by atoms with Gasteiger partial charge in [-0.2, -0.15) is 5.26 Å². The lowest BCUT2D eigenvalue weighted by atomic mass is 9.90. The fourth-order valence-corrected chi connectivity index (χ4v) is 0.969. The van der Waals surface area contributed by atoms with E-state index in [1.54, 1.807) is 4.68 Å². The van der Waals surface area contributed by atoms with E-state index in [2.05, 4.69) is 16.4 Å². The summed E-state index contributed by atoms with van der Waals surface area (Å²) in [5, 5.41) is 16.5. The molecule has 0 saturated heterocycles. The van der Waals surface area contributed by atoms with Gasteiger partial charge in [0.1, 0.15) is 0 Å². The summed E-state index contributed by atoms with van der Waals surface area (Å²) in [5.74, 6) is 0. The van der Waals surface area contributed by atoms with Crippen molar-refractivity contribution in [2.45, 2.75) is 20.3 Å². The molecule has 0 aliphatic rings. The lowest BCUT2D eigenvalue weighted by Crippen LogP contribution is -2.11. The molecule has 0 fully saturated rings. The molecule has 0 radical (unpaired) electrons. The van der Waals surface area contributed by atoms with Crippen molar-refractivity contribution in [3.63, 3.8) is 0 Å². The molecule has 0 N–H and O–H groups in total. The van der Waals surface area contributed by atoms with Crippen molar-refractivity contribution in [3.05, 3.63) is 11.9 Å². The summed E-state index contributed by atoms with van der Waals surface area (Å²) in [4.78, 5) is 0. The van der Waals surface area contributed by atoms with Gasteiger partial charge in [-0.25, -0.2) is 0 Å². The van der Waals surface area contributed by atoms with Crippen molar-refractivity contribution in [3.8, 4) is 6.07 Å². The van der Waals surface area contributed by atoms with Crippen LogP contribution in [0.4, 0.5) is 0 Å². The lowest BCUT2D eigenvalue weighted by molar-refractivity contribution is 0.486. The minimum absolute atomic E-state index is 0.351. The predicted molar refractivity (Wildman–Crippen MR) is 44.1 cm³/mol. The lowest BCUT2D eigenvalue weighted by Gasteiger charge is -2.11. The molecule has 0 aliphatic heterocycles. The first-order valence-corrected chi connectivity index (χ1v) is 3.80. The number of nitriles is 1. The molecule has 0 aliphatic carbocycles. The zero-order valence-corrected chi connectivity index (χ0v) is 7.57. The summed E-state index contributed by atoms with van der Waals surface area (Å²) in [6.07, 6.45) is 2.48. The van der Waals surface area contributed by atoms with E-state index in [1.165, 1.54) is 0 Å². The Morgan fingerprint density at radius 3 is 2.75 bits per heavy atom. The topological polar surface area (TPSA) is 54.5 Å². The zero-order chi connectivity index (χ0) is 9.19. The highest BCUT2D eigenvalue weighted by atomic mass is 15.4. The second-order valence-corrected chi connectivity index (χ2v) is 3.56. The van der Waals surface area contributed by atoms with E-state index in [0.29, 0.717) is 6.42 Å². The Morgan fingerprint density at radius 2 is 2.33 bits per heavy atom. The van der Waals surface area contributed by atoms with E-state index in [9.17, 15) is 0 Å². The van der Waals surface area contributed by atoms with Crippen LogP contribution in [0.5, 0.6) is 0 Å². The average Bonchev–Trinajstić information content (AvgIpc) is 2.35. The Balaban J connectivity index is 2.72. The maximum Gasteiger partial charge on any atom is 0.0842 e. The molecule has 1 heterocycles. The van der Waals surface area contributed by atoms with Crippen molar-refractivity contribution in [2.24, 2.45) is 12.5 Å². The first-order valence-electron chi connectivity index (χ1n) is 3.80. The number of hydrogen-bond donors (Lipinski definition) is 0. The highest BCUT2D eigenvalue weighted by Gasteiger charge is 2.18. The fourth-order valence-electron chi connectivity index (χ4n) is 0.969. The Bertz CT molecular complexity index is 305. The first-order chi connectivity index (χ1) is 5.53. The molecule has 4 nitrogen and oxygen atoms in total. The Hall–Kier alpha value is -1.37. The monoisotopic (exact) mass is 164 g/mol. The molecule has 1 aromatic heterocycles. The van der Waals surface area contributed by atoms with Crippen LogP contribution in [0.2, 0.25) is 0 Å². The van der Waals surface area contributed by atoms with Crippen molar-refractivity contribution in [2.75, 3.05) is 0 Å². The Kier molecular flexibility index (Phi) is 2.13. The standard InChI is InChI=1S/C8H12N4/c1-8(2,6-9)4-7-5-12(3)11-10-7/h5H,4H2,1-3H3. The SMILES string of the molecule is Cn1cc(CC(C)(C)C#N)nn1. The summed E-state index contributed by atoms with van der Waals surface area (Å²) in [5.41, 5.74) is 0.514. The van der Waals surface area contributed by atoms with Crippen LogP contribution in [0.15, 0.2) is 6.20 Å². The van der Waals surface area contributed by atoms with Crippen LogP contribution in [0, 0.1) is 16.7 Å². The maximum atomic E-state index is 8.76. The van der Waals surface area contributed by atoms with E-state index in [4.69, 9.17) is 5.26 Å². The van der Waals surface area contributed by atoms with Crippen LogP contribution in [0.3, 0.4) is 0 Å². The van der Waals surface area contributed by atoms with E-state index in [1.807, 2.05) is 27.1 Å². The van der Waals surface area contributed by atoms with E-state index in [-0.39, 0.29) is 5.41 Å². The smallest absolute Gasteiger partial charge is 0.0842 e. The summed E-state index contributed by atoms with van der Waals surface area (Å²) in [6, 6.07) is 2.22. The van der Waals surface area contributed by atoms with Crippen LogP contribution < -0.4 is 0 Å². The Labute approximate surface area is 71.8 Å². The van der Waals surface area contributed by atoms with E-state index < -0.39 is 0 Å². The second kappa shape index (κ2) is 2.94. The first kappa shape index (κ1) is 8.72. The summed E-state index contributed by atoms with van der Waals surface area (Å²) < 4.78 is 1.64. The van der Waals surface area contributed by atoms with Gasteiger partial charge in [-0.1, -0.05) is 5.21 Å². The molecule has 64 valence electrons. The quantitative estimate of drug-likeness (QED) is 0.652. The highest BCUT2D eigenvalue weighted by Crippen LogP contribution is 2.18. The van der Waals surface area contributed by atoms with E-state index >= 15 is 0 Å². The molecule has 0 bridgehead atoms. The van der Waals surface area contributed by atoms with Gasteiger partial charge in [0.2, 0.25) is 0 Å². The number of aromatic nitrogens is 3. The molecule has 0 atom stereocenters. The van der Waals surface area contributed by atoms with Crippen LogP contribution in [0.1, 0.15) is 19.5 Å². The normalized spacial score (nSPS) is 11.2. The number of hydrogen-bond acceptors (Lipinski definition) is 3. The molecule has 0 saturated carbocycles. The van der Waals surface area contributed by atoms with Gasteiger partial charge in [-0.05, 0) is 13.8 Å². The van der Waals surface area contributed by atoms with Gasteiger partial charge in [0.15, 0.2) is 0 Å². The van der Waals surface area contributed by atoms with Gasteiger partial charge < -0.3 is 0 Å². The van der Waals surface area contributed by atoms with Gasteiger partial charge >= 0.3 is 0 Å². The van der Waals surface area contributed by atoms with Crippen molar-refractivity contribution in [1.82, 2.24) is 15.0 Å². The largest absolute Gasteiger partial charge is 0.255 e. The minimum atomic E-state index is -0.351. The van der Waals surface area contributed by atoms with Crippen LogP contribution >= 0.6 is 0 Å². The number of rotatable bonds is 2. The maximum absolute atomic E-state index is 8.76. The third-order valence-corrected chi connectivity index (χ3v) is 1.58. The fraction of sp³-hybridized carbons (Fsp3) is 0.625. The molecule has 0 spiro atoms. The second-order valence-electron chi connectivity index (χ2n) is 3.56. The van der Waals surface area contributed by atoms with Gasteiger partial charge in [-0.15, -0.1) is 5.10 Å². The molecule has 12 heavy (non-hydrogen) atoms. The van der Waals surface area contributed by atoms with Crippen molar-refractivity contribution < 1.29 is 0 Å². The molecular formula is C8H12N4.